The van der Waals surface area contributed by atoms with Crippen LogP contribution in [0.3, 0.4) is 0 Å². The van der Waals surface area contributed by atoms with Gasteiger partial charge in [0.25, 0.3) is 0 Å². The van der Waals surface area contributed by atoms with Crippen LogP contribution in [-0.2, 0) is 20.9 Å². The smallest absolute Gasteiger partial charge is 0.308 e. The minimum Gasteiger partial charge on any atom is -0.508 e. The number of thiazole rings is 1. The summed E-state index contributed by atoms with van der Waals surface area (Å²) < 4.78 is 25.9. The highest BCUT2D eigenvalue weighted by atomic mass is 32.2. The second-order valence-corrected chi connectivity index (χ2v) is 12.0. The summed E-state index contributed by atoms with van der Waals surface area (Å²) in [5.41, 5.74) is 1.30. The zero-order valence-electron chi connectivity index (χ0n) is 22.8. The van der Waals surface area contributed by atoms with Gasteiger partial charge in [-0.3, -0.25) is 23.7 Å². The quantitative estimate of drug-likeness (QED) is 0.232. The molecule has 0 aliphatic carbocycles. The van der Waals surface area contributed by atoms with Crippen molar-refractivity contribution < 1.29 is 33.4 Å². The van der Waals surface area contributed by atoms with Crippen molar-refractivity contribution in [2.45, 2.75) is 22.7 Å². The number of hydrogen-bond acceptors (Lipinski definition) is 9. The number of nitrogens with zero attached hydrogens (tertiary/aromatic N) is 2. The van der Waals surface area contributed by atoms with Crippen molar-refractivity contribution in [3.8, 4) is 17.2 Å². The maximum absolute atomic E-state index is 14.0. The van der Waals surface area contributed by atoms with Gasteiger partial charge in [-0.1, -0.05) is 29.2 Å². The number of fused-ring (bicyclic) bond motifs is 2. The molecule has 10 nitrogen and oxygen atoms in total. The van der Waals surface area contributed by atoms with Crippen LogP contribution in [0.1, 0.15) is 16.4 Å². The number of amides is 3. The predicted octanol–water partition coefficient (Wildman–Crippen LogP) is 4.21. The lowest BCUT2D eigenvalue weighted by atomic mass is 9.83. The fourth-order valence-electron chi connectivity index (χ4n) is 5.39. The monoisotopic (exact) mass is 621 g/mol. The van der Waals surface area contributed by atoms with E-state index in [4.69, 9.17) is 9.47 Å². The molecule has 1 fully saturated rings. The lowest BCUT2D eigenvalue weighted by Gasteiger charge is -2.31. The third-order valence-corrected chi connectivity index (χ3v) is 9.96. The highest BCUT2D eigenvalue weighted by Crippen LogP contribution is 2.54. The van der Waals surface area contributed by atoms with Gasteiger partial charge in [-0.25, -0.2) is 9.29 Å². The van der Waals surface area contributed by atoms with Gasteiger partial charge >= 0.3 is 4.87 Å². The molecule has 1 saturated heterocycles. The van der Waals surface area contributed by atoms with E-state index in [-0.39, 0.29) is 18.0 Å². The van der Waals surface area contributed by atoms with Gasteiger partial charge in [0.05, 0.1) is 30.9 Å². The summed E-state index contributed by atoms with van der Waals surface area (Å²) in [4.78, 5) is 55.3. The Kier molecular flexibility index (Phi) is 7.44. The molecule has 2 aliphatic heterocycles. The molecule has 1 aromatic heterocycles. The van der Waals surface area contributed by atoms with E-state index >= 15 is 0 Å². The van der Waals surface area contributed by atoms with E-state index in [2.05, 4.69) is 5.32 Å². The van der Waals surface area contributed by atoms with E-state index in [0.29, 0.717) is 32.7 Å². The number of imide groups is 1. The average molecular weight is 622 g/mol. The number of rotatable bonds is 7. The van der Waals surface area contributed by atoms with Gasteiger partial charge in [-0.15, -0.1) is 0 Å². The Balaban J connectivity index is 1.43. The topological polar surface area (TPSA) is 127 Å². The van der Waals surface area contributed by atoms with Crippen molar-refractivity contribution in [3.63, 3.8) is 0 Å². The van der Waals surface area contributed by atoms with Gasteiger partial charge < -0.3 is 19.9 Å². The SMILES string of the molecule is COc1ccc([C@H]2c3sc(=O)n(CC(=O)Nc4ccc(O)cc4)c3SC3C(=O)N(c4ccc(F)cc4)C(=O)C32)cc1OC. The van der Waals surface area contributed by atoms with Crippen molar-refractivity contribution >= 4 is 52.2 Å². The molecule has 43 heavy (non-hydrogen) atoms. The molecule has 3 amide bonds. The molecule has 0 saturated carbocycles. The van der Waals surface area contributed by atoms with Crippen molar-refractivity contribution in [2.75, 3.05) is 24.4 Å². The molecule has 3 aromatic carbocycles. The molecule has 4 aromatic rings. The van der Waals surface area contributed by atoms with E-state index in [0.717, 1.165) is 28.0 Å². The zero-order chi connectivity index (χ0) is 30.4. The molecule has 220 valence electrons. The largest absolute Gasteiger partial charge is 0.508 e. The molecule has 13 heteroatoms. The van der Waals surface area contributed by atoms with Crippen molar-refractivity contribution in [1.29, 1.82) is 0 Å². The first kappa shape index (κ1) is 28.5. The van der Waals surface area contributed by atoms with Gasteiger partial charge in [-0.05, 0) is 66.2 Å². The number of thioether (sulfide) groups is 1. The number of nitrogens with one attached hydrogen (secondary N) is 1. The van der Waals surface area contributed by atoms with E-state index in [9.17, 15) is 28.7 Å². The Morgan fingerprint density at radius 1 is 0.953 bits per heavy atom. The first-order valence-electron chi connectivity index (χ1n) is 13.0. The Hall–Kier alpha value is -4.62. The molecule has 0 radical (unpaired) electrons. The predicted molar refractivity (Wildman–Crippen MR) is 159 cm³/mol. The van der Waals surface area contributed by atoms with Gasteiger partial charge in [0, 0.05) is 16.5 Å². The van der Waals surface area contributed by atoms with Crippen LogP contribution in [0.5, 0.6) is 17.2 Å². The van der Waals surface area contributed by atoms with Crippen LogP contribution in [0.2, 0.25) is 0 Å². The number of carbonyl (C=O) groups is 3. The van der Waals surface area contributed by atoms with Gasteiger partial charge in [0.2, 0.25) is 17.7 Å². The summed E-state index contributed by atoms with van der Waals surface area (Å²) in [6, 6.07) is 16.2. The van der Waals surface area contributed by atoms with Crippen LogP contribution in [-0.4, -0.2) is 46.9 Å². The third kappa shape index (κ3) is 5.04. The van der Waals surface area contributed by atoms with Crippen molar-refractivity contribution in [1.82, 2.24) is 4.57 Å². The molecule has 2 N–H and O–H groups in total. The highest BCUT2D eigenvalue weighted by Gasteiger charge is 2.57. The fraction of sp³-hybridized carbons (Fsp3) is 0.200. The molecule has 0 spiro atoms. The van der Waals surface area contributed by atoms with E-state index in [1.807, 2.05) is 0 Å². The number of phenolic OH excluding ortho intramolecular Hbond substituents is 1. The molecular weight excluding hydrogens is 597 g/mol. The van der Waals surface area contributed by atoms with E-state index < -0.39 is 45.5 Å². The van der Waals surface area contributed by atoms with Gasteiger partial charge in [-0.2, -0.15) is 0 Å². The maximum Gasteiger partial charge on any atom is 0.308 e. The summed E-state index contributed by atoms with van der Waals surface area (Å²) in [5.74, 6) is -2.66. The second-order valence-electron chi connectivity index (χ2n) is 9.86. The molecule has 3 atom stereocenters. The Morgan fingerprint density at radius 2 is 1.65 bits per heavy atom. The third-order valence-electron chi connectivity index (χ3n) is 7.35. The van der Waals surface area contributed by atoms with Crippen LogP contribution in [0, 0.1) is 11.7 Å². The highest BCUT2D eigenvalue weighted by molar-refractivity contribution is 8.00. The van der Waals surface area contributed by atoms with Gasteiger partial charge in [0.15, 0.2) is 11.5 Å². The summed E-state index contributed by atoms with van der Waals surface area (Å²) in [6.45, 7) is -0.335. The molecule has 0 bridgehead atoms. The number of hydrogen-bond donors (Lipinski definition) is 2. The summed E-state index contributed by atoms with van der Waals surface area (Å²) in [6.07, 6.45) is 0. The van der Waals surface area contributed by atoms with Crippen LogP contribution in [0.25, 0.3) is 0 Å². The molecular formula is C30H24FN3O7S2. The van der Waals surface area contributed by atoms with Crippen molar-refractivity contribution in [3.05, 3.63) is 92.7 Å². The molecule has 2 aliphatic rings. The number of anilines is 2. The average Bonchev–Trinajstić information content (AvgIpc) is 3.44. The Labute approximate surface area is 252 Å². The number of ether oxygens (including phenoxy) is 2. The maximum atomic E-state index is 14.0. The number of benzene rings is 3. The van der Waals surface area contributed by atoms with Crippen LogP contribution < -0.4 is 24.6 Å². The fourth-order valence-corrected chi connectivity index (χ4v) is 8.17. The summed E-state index contributed by atoms with van der Waals surface area (Å²) in [5, 5.41) is 11.7. The summed E-state index contributed by atoms with van der Waals surface area (Å²) >= 11 is 1.99. The first-order chi connectivity index (χ1) is 20.7. The number of methoxy groups -OCH3 is 2. The summed E-state index contributed by atoms with van der Waals surface area (Å²) in [7, 11) is 2.98. The Bertz CT molecular complexity index is 1800. The first-order valence-corrected chi connectivity index (χ1v) is 14.7. The minimum atomic E-state index is -0.913. The number of halogens is 1. The van der Waals surface area contributed by atoms with Crippen molar-refractivity contribution in [2.24, 2.45) is 5.92 Å². The van der Waals surface area contributed by atoms with Crippen LogP contribution in [0.4, 0.5) is 15.8 Å². The molecule has 3 heterocycles. The lowest BCUT2D eigenvalue weighted by Crippen LogP contribution is -2.33. The van der Waals surface area contributed by atoms with Crippen LogP contribution >= 0.6 is 23.1 Å². The molecule has 2 unspecified atom stereocenters. The van der Waals surface area contributed by atoms with E-state index in [1.165, 1.54) is 67.3 Å². The Morgan fingerprint density at radius 3 is 2.33 bits per heavy atom. The standard InChI is InChI=1S/C30H24FN3O7S2/c1-40-20-12-3-15(13-21(20)41-2)23-24-25(28(38)34(27(24)37)18-8-4-16(31)5-9-18)42-29-26(23)43-30(39)33(29)14-22(36)32-17-6-10-19(35)11-7-17/h3-13,23-25,35H,14H2,1-2H3,(H,32,36)/t23-,24?,25?/m1/s1. The van der Waals surface area contributed by atoms with E-state index in [1.54, 1.807) is 18.2 Å². The zero-order valence-corrected chi connectivity index (χ0v) is 24.4. The number of aromatic nitrogens is 1. The number of aromatic hydroxyl groups is 1. The second kappa shape index (κ2) is 11.2. The minimum absolute atomic E-state index is 0.0405. The van der Waals surface area contributed by atoms with Crippen LogP contribution in [0.15, 0.2) is 76.6 Å². The normalized spacial score (nSPS) is 19.1. The lowest BCUT2D eigenvalue weighted by molar-refractivity contribution is -0.122. The van der Waals surface area contributed by atoms with Gasteiger partial charge in [0.1, 0.15) is 23.4 Å². The molecule has 6 rings (SSSR count). The number of phenols is 1. The number of carbonyl (C=O) groups excluding carboxylic acids is 3.